The number of likely N-dealkylation sites (tertiary alicyclic amines) is 1. The summed E-state index contributed by atoms with van der Waals surface area (Å²) in [5.41, 5.74) is 3.31. The Morgan fingerprint density at radius 1 is 1.11 bits per heavy atom. The van der Waals surface area contributed by atoms with Crippen molar-refractivity contribution in [1.82, 2.24) is 9.62 Å². The second-order valence-electron chi connectivity index (χ2n) is 9.25. The number of nitrogens with one attached hydrogen (secondary N) is 1. The molecule has 2 fully saturated rings. The van der Waals surface area contributed by atoms with Crippen molar-refractivity contribution < 1.29 is 13.9 Å². The van der Waals surface area contributed by atoms with Gasteiger partial charge in [0, 0.05) is 46.3 Å². The average Bonchev–Trinajstić information content (AvgIpc) is 3.73. The summed E-state index contributed by atoms with van der Waals surface area (Å²) < 4.78 is 23.5. The van der Waals surface area contributed by atoms with E-state index in [1.54, 1.807) is 12.3 Å². The highest BCUT2D eigenvalue weighted by Crippen LogP contribution is 2.45. The van der Waals surface area contributed by atoms with Gasteiger partial charge in [0.2, 0.25) is 0 Å². The summed E-state index contributed by atoms with van der Waals surface area (Å²) in [4.78, 5) is 28.6. The minimum atomic E-state index is -0.547. The topological polar surface area (TPSA) is 75.7 Å². The van der Waals surface area contributed by atoms with Crippen molar-refractivity contribution in [2.45, 2.75) is 24.8 Å². The molecule has 2 aliphatic rings. The molecule has 6 nitrogen and oxygen atoms in total. The summed E-state index contributed by atoms with van der Waals surface area (Å²) in [5.74, 6) is 0.277. The fourth-order valence-electron chi connectivity index (χ4n) is 4.78. The number of hydrogen-bond donors (Lipinski definition) is 1. The predicted octanol–water partition coefficient (Wildman–Crippen LogP) is 6.53. The van der Waals surface area contributed by atoms with Crippen LogP contribution in [0.1, 0.15) is 51.8 Å². The predicted molar refractivity (Wildman–Crippen MR) is 146 cm³/mol. The van der Waals surface area contributed by atoms with Crippen LogP contribution in [0.3, 0.4) is 0 Å². The van der Waals surface area contributed by atoms with E-state index in [9.17, 15) is 9.18 Å². The zero-order valence-electron chi connectivity index (χ0n) is 20.4. The van der Waals surface area contributed by atoms with Crippen molar-refractivity contribution >= 4 is 29.5 Å². The van der Waals surface area contributed by atoms with Gasteiger partial charge in [-0.2, -0.15) is 0 Å². The Balaban J connectivity index is 0.00000156. The number of halogens is 2. The first kappa shape index (κ1) is 27.1. The van der Waals surface area contributed by atoms with Gasteiger partial charge in [-0.15, -0.1) is 0 Å². The normalized spacial score (nSPS) is 16.2. The Hall–Kier alpha value is -2.94. The number of hydrogen-bond acceptors (Lipinski definition) is 6. The lowest BCUT2D eigenvalue weighted by atomic mass is 9.90. The molecule has 0 bridgehead atoms. The average molecular weight is 543 g/mol. The highest BCUT2D eigenvalue weighted by atomic mass is 35.5. The third-order valence-electron chi connectivity index (χ3n) is 6.70. The van der Waals surface area contributed by atoms with Crippen LogP contribution >= 0.6 is 23.5 Å². The summed E-state index contributed by atoms with van der Waals surface area (Å²) in [7, 11) is 0. The molecule has 1 saturated carbocycles. The number of carbonyl (C=O) groups excluding carboxylic acids is 1. The van der Waals surface area contributed by atoms with Crippen LogP contribution in [0.5, 0.6) is 5.75 Å². The van der Waals surface area contributed by atoms with Crippen LogP contribution in [-0.4, -0.2) is 36.8 Å². The molecule has 0 radical (unpaired) electrons. The van der Waals surface area contributed by atoms with Gasteiger partial charge in [0.25, 0.3) is 5.91 Å². The van der Waals surface area contributed by atoms with Crippen molar-refractivity contribution in [3.63, 3.8) is 0 Å². The Bertz CT molecular complexity index is 1220. The molecule has 1 aliphatic heterocycles. The Morgan fingerprint density at radius 2 is 1.78 bits per heavy atom. The van der Waals surface area contributed by atoms with Crippen molar-refractivity contribution in [1.29, 1.82) is 0 Å². The summed E-state index contributed by atoms with van der Waals surface area (Å²) in [6, 6.07) is 21.5. The molecule has 0 unspecified atom stereocenters. The second kappa shape index (κ2) is 12.5. The summed E-state index contributed by atoms with van der Waals surface area (Å²) in [6.45, 7) is 2.23. The van der Waals surface area contributed by atoms with E-state index in [4.69, 9.17) is 26.3 Å². The van der Waals surface area contributed by atoms with E-state index >= 15 is 0 Å². The highest BCUT2D eigenvalue weighted by molar-refractivity contribution is 7.97. The molecule has 1 aliphatic carbocycles. The van der Waals surface area contributed by atoms with E-state index < -0.39 is 11.7 Å². The minimum Gasteiger partial charge on any atom is -0.493 e. The zero-order valence-corrected chi connectivity index (χ0v) is 21.9. The smallest absolute Gasteiger partial charge is 0.264 e. The lowest BCUT2D eigenvalue weighted by Gasteiger charge is -2.44. The van der Waals surface area contributed by atoms with E-state index in [2.05, 4.69) is 40.0 Å². The van der Waals surface area contributed by atoms with Crippen LogP contribution in [0.2, 0.25) is 5.02 Å². The standard InChI is InChI=1S/C28H28ClFN2O2S.O2/c1-35-31-28(33)23-13-22(19-11-12-19)26(14-25(23)30)34-17-18-15-32(16-18)27(20-7-3-2-4-8-20)21-9-5-6-10-24(21)29;1-2/h2-10,13-14,18-19,27H,11-12,15-17H2,1H3,(H,31,33);/t27-;/m1./s1. The third kappa shape index (κ3) is 6.32. The molecule has 3 aromatic carbocycles. The van der Waals surface area contributed by atoms with Crippen molar-refractivity contribution in [2.75, 3.05) is 26.0 Å². The van der Waals surface area contributed by atoms with Crippen molar-refractivity contribution in [3.05, 3.63) is 110 Å². The van der Waals surface area contributed by atoms with Gasteiger partial charge in [0.1, 0.15) is 11.6 Å². The Morgan fingerprint density at radius 3 is 2.43 bits per heavy atom. The number of amides is 1. The van der Waals surface area contributed by atoms with Gasteiger partial charge in [0.15, 0.2) is 0 Å². The zero-order chi connectivity index (χ0) is 26.4. The first-order valence-electron chi connectivity index (χ1n) is 12.0. The number of carbonyl (C=O) groups is 1. The lowest BCUT2D eigenvalue weighted by Crippen LogP contribution is -2.51. The molecule has 1 N–H and O–H groups in total. The molecule has 194 valence electrons. The van der Waals surface area contributed by atoms with Crippen LogP contribution in [0, 0.1) is 21.7 Å². The maximum absolute atomic E-state index is 14.7. The van der Waals surface area contributed by atoms with Gasteiger partial charge in [0.05, 0.1) is 18.2 Å². The molecule has 1 saturated heterocycles. The maximum Gasteiger partial charge on any atom is 0.264 e. The molecule has 0 aromatic heterocycles. The van der Waals surface area contributed by atoms with Gasteiger partial charge in [-0.25, -0.2) is 4.39 Å². The van der Waals surface area contributed by atoms with Gasteiger partial charge in [-0.05, 0) is 47.6 Å². The molecule has 0 spiro atoms. The van der Waals surface area contributed by atoms with Gasteiger partial charge in [-0.3, -0.25) is 14.4 Å². The monoisotopic (exact) mass is 542 g/mol. The van der Waals surface area contributed by atoms with E-state index in [0.717, 1.165) is 54.0 Å². The molecular formula is C28H28ClFN2O4S. The van der Waals surface area contributed by atoms with Gasteiger partial charge < -0.3 is 4.74 Å². The van der Waals surface area contributed by atoms with Crippen LogP contribution in [0.25, 0.3) is 0 Å². The molecule has 1 amide bonds. The van der Waals surface area contributed by atoms with Crippen molar-refractivity contribution in [2.24, 2.45) is 5.92 Å². The van der Waals surface area contributed by atoms with Crippen LogP contribution < -0.4 is 9.46 Å². The molecule has 1 atom stereocenters. The van der Waals surface area contributed by atoms with E-state index in [-0.39, 0.29) is 11.6 Å². The Kier molecular flexibility index (Phi) is 9.18. The van der Waals surface area contributed by atoms with E-state index in [1.165, 1.54) is 11.6 Å². The number of ether oxygens (including phenoxy) is 1. The molecule has 9 heteroatoms. The SMILES string of the molecule is CSNC(=O)c1cc(C2CC2)c(OCC2CN([C@H](c3ccccc3)c3ccccc3Cl)C2)cc1F.O=O. The molecule has 37 heavy (non-hydrogen) atoms. The Labute approximate surface area is 224 Å². The third-order valence-corrected chi connectivity index (χ3v) is 7.43. The summed E-state index contributed by atoms with van der Waals surface area (Å²) >= 11 is 7.74. The van der Waals surface area contributed by atoms with Crippen LogP contribution in [-0.2, 0) is 0 Å². The van der Waals surface area contributed by atoms with Gasteiger partial charge >= 0.3 is 0 Å². The van der Waals surface area contributed by atoms with Crippen LogP contribution in [0.4, 0.5) is 4.39 Å². The fourth-order valence-corrected chi connectivity index (χ4v) is 5.32. The minimum absolute atomic E-state index is 0.0777. The van der Waals surface area contributed by atoms with Gasteiger partial charge in [-0.1, -0.05) is 72.1 Å². The maximum atomic E-state index is 14.7. The van der Waals surface area contributed by atoms with Crippen LogP contribution in [0.15, 0.2) is 66.7 Å². The van der Waals surface area contributed by atoms with E-state index in [0.29, 0.717) is 24.2 Å². The largest absolute Gasteiger partial charge is 0.493 e. The fraction of sp³-hybridized carbons (Fsp3) is 0.321. The quantitative estimate of drug-likeness (QED) is 0.310. The molecule has 1 heterocycles. The first-order chi connectivity index (χ1) is 18.0. The second-order valence-corrected chi connectivity index (χ2v) is 10.3. The number of rotatable bonds is 9. The lowest BCUT2D eigenvalue weighted by molar-refractivity contribution is 0.0376. The molecule has 5 rings (SSSR count). The molecule has 3 aromatic rings. The number of nitrogens with zero attached hydrogens (tertiary/aromatic N) is 1. The summed E-state index contributed by atoms with van der Waals surface area (Å²) in [6.07, 6.45) is 3.82. The number of benzene rings is 3. The van der Waals surface area contributed by atoms with Crippen molar-refractivity contribution in [3.8, 4) is 5.75 Å². The van der Waals surface area contributed by atoms with E-state index in [1.807, 2.05) is 24.3 Å². The highest BCUT2D eigenvalue weighted by Gasteiger charge is 2.36. The summed E-state index contributed by atoms with van der Waals surface area (Å²) in [5, 5.41) is 0.760. The molecular weight excluding hydrogens is 515 g/mol. The first-order valence-corrected chi connectivity index (χ1v) is 13.6.